The molecule has 0 aromatic heterocycles. The van der Waals surface area contributed by atoms with E-state index in [2.05, 4.69) is 40.0 Å². The number of nitrogens with zero attached hydrogens (tertiary/aromatic N) is 2. The summed E-state index contributed by atoms with van der Waals surface area (Å²) in [5.74, 6) is 0.183. The largest absolute Gasteiger partial charge is 0.492 e. The summed E-state index contributed by atoms with van der Waals surface area (Å²) in [4.78, 5) is 41.7. The van der Waals surface area contributed by atoms with Crippen molar-refractivity contribution in [1.29, 1.82) is 0 Å². The Morgan fingerprint density at radius 1 is 1.19 bits per heavy atom. The van der Waals surface area contributed by atoms with Crippen LogP contribution in [0.3, 0.4) is 0 Å². The topological polar surface area (TPSA) is 88.2 Å². The number of ether oxygens (including phenoxy) is 2. The standard InChI is InChI=1S/C26H28BrN3O5S/c1-17(2)16-35-22-8-7-18(13-19(22)27)14-23-25(32)30(26(33)36-23)15-24(31)28-20-5-3-4-6-21(20)29-9-11-34-12-10-29/h3-8,13-14,17H,9-12,15-16H2,1-2H3,(H,28,31)/b23-14+. The van der Waals surface area contributed by atoms with Crippen LogP contribution in [0, 0.1) is 5.92 Å². The summed E-state index contributed by atoms with van der Waals surface area (Å²) in [6.07, 6.45) is 1.65. The number of morpholine rings is 1. The van der Waals surface area contributed by atoms with Crippen LogP contribution in [0.1, 0.15) is 19.4 Å². The number of anilines is 2. The Bertz CT molecular complexity index is 1180. The molecule has 0 bridgehead atoms. The maximum atomic E-state index is 12.9. The molecule has 8 nitrogen and oxygen atoms in total. The molecule has 0 unspecified atom stereocenters. The SMILES string of the molecule is CC(C)COc1ccc(/C=C2/SC(=O)N(CC(=O)Nc3ccccc3N3CCOCC3)C2=O)cc1Br. The zero-order valence-corrected chi connectivity index (χ0v) is 22.6. The second-order valence-electron chi connectivity index (χ2n) is 8.83. The van der Waals surface area contributed by atoms with E-state index in [0.29, 0.717) is 37.2 Å². The lowest BCUT2D eigenvalue weighted by molar-refractivity contribution is -0.127. The summed E-state index contributed by atoms with van der Waals surface area (Å²) in [5.41, 5.74) is 2.26. The van der Waals surface area contributed by atoms with Gasteiger partial charge in [-0.05, 0) is 69.5 Å². The van der Waals surface area contributed by atoms with E-state index in [-0.39, 0.29) is 11.4 Å². The maximum Gasteiger partial charge on any atom is 0.294 e. The lowest BCUT2D eigenvalue weighted by atomic mass is 10.2. The average molecular weight is 574 g/mol. The van der Waals surface area contributed by atoms with Gasteiger partial charge in [-0.1, -0.05) is 32.0 Å². The van der Waals surface area contributed by atoms with E-state index in [1.807, 2.05) is 42.5 Å². The smallest absolute Gasteiger partial charge is 0.294 e. The molecular formula is C26H28BrN3O5S. The lowest BCUT2D eigenvalue weighted by Crippen LogP contribution is -2.38. The van der Waals surface area contributed by atoms with Crippen LogP contribution in [-0.4, -0.2) is 61.4 Å². The third-order valence-corrected chi connectivity index (χ3v) is 7.06. The molecule has 190 valence electrons. The van der Waals surface area contributed by atoms with Crippen LogP contribution in [0.2, 0.25) is 0 Å². The van der Waals surface area contributed by atoms with Crippen molar-refractivity contribution >= 4 is 62.2 Å². The number of halogens is 1. The molecule has 1 N–H and O–H groups in total. The molecule has 0 aliphatic carbocycles. The van der Waals surface area contributed by atoms with Crippen molar-refractivity contribution in [3.05, 3.63) is 57.4 Å². The molecule has 4 rings (SSSR count). The Morgan fingerprint density at radius 3 is 2.67 bits per heavy atom. The molecule has 2 fully saturated rings. The zero-order chi connectivity index (χ0) is 25.7. The summed E-state index contributed by atoms with van der Waals surface area (Å²) >= 11 is 4.32. The molecule has 3 amide bonds. The molecule has 0 saturated carbocycles. The molecule has 2 aromatic rings. The number of imide groups is 1. The third kappa shape index (κ3) is 6.48. The van der Waals surface area contributed by atoms with Crippen molar-refractivity contribution < 1.29 is 23.9 Å². The van der Waals surface area contributed by atoms with Crippen molar-refractivity contribution in [2.24, 2.45) is 5.92 Å². The molecule has 10 heteroatoms. The Morgan fingerprint density at radius 2 is 1.94 bits per heavy atom. The van der Waals surface area contributed by atoms with Gasteiger partial charge in [-0.3, -0.25) is 19.3 Å². The fourth-order valence-corrected chi connectivity index (χ4v) is 5.11. The highest BCUT2D eigenvalue weighted by molar-refractivity contribution is 9.10. The summed E-state index contributed by atoms with van der Waals surface area (Å²) in [6.45, 7) is 7.07. The van der Waals surface area contributed by atoms with Crippen molar-refractivity contribution in [2.45, 2.75) is 13.8 Å². The van der Waals surface area contributed by atoms with Gasteiger partial charge in [0.25, 0.3) is 11.1 Å². The van der Waals surface area contributed by atoms with Crippen LogP contribution in [0.5, 0.6) is 5.75 Å². The van der Waals surface area contributed by atoms with Gasteiger partial charge in [0.15, 0.2) is 0 Å². The molecule has 0 spiro atoms. The second kappa shape index (κ2) is 11.9. The first-order valence-electron chi connectivity index (χ1n) is 11.7. The van der Waals surface area contributed by atoms with Gasteiger partial charge in [0, 0.05) is 13.1 Å². The monoisotopic (exact) mass is 573 g/mol. The number of nitrogens with one attached hydrogen (secondary N) is 1. The van der Waals surface area contributed by atoms with Gasteiger partial charge < -0.3 is 19.7 Å². The van der Waals surface area contributed by atoms with Gasteiger partial charge in [0.2, 0.25) is 5.91 Å². The normalized spacial score (nSPS) is 17.3. The third-order valence-electron chi connectivity index (χ3n) is 5.53. The minimum absolute atomic E-state index is 0.268. The molecule has 2 heterocycles. The van der Waals surface area contributed by atoms with Crippen molar-refractivity contribution in [3.63, 3.8) is 0 Å². The molecule has 2 aromatic carbocycles. The number of hydrogen-bond acceptors (Lipinski definition) is 7. The van der Waals surface area contributed by atoms with Crippen LogP contribution in [0.4, 0.5) is 16.2 Å². The first-order chi connectivity index (χ1) is 17.3. The molecule has 2 aliphatic heterocycles. The number of amides is 3. The van der Waals surface area contributed by atoms with Crippen molar-refractivity contribution in [2.75, 3.05) is 49.7 Å². The van der Waals surface area contributed by atoms with Crippen LogP contribution < -0.4 is 15.0 Å². The van der Waals surface area contributed by atoms with E-state index >= 15 is 0 Å². The zero-order valence-electron chi connectivity index (χ0n) is 20.2. The van der Waals surface area contributed by atoms with Gasteiger partial charge in [0.05, 0.1) is 40.6 Å². The average Bonchev–Trinajstić information content (AvgIpc) is 3.11. The summed E-state index contributed by atoms with van der Waals surface area (Å²) in [6, 6.07) is 13.0. The number of hydrogen-bond donors (Lipinski definition) is 1. The molecule has 0 atom stereocenters. The number of rotatable bonds is 8. The van der Waals surface area contributed by atoms with E-state index in [9.17, 15) is 14.4 Å². The molecule has 0 radical (unpaired) electrons. The summed E-state index contributed by atoms with van der Waals surface area (Å²) in [7, 11) is 0. The van der Waals surface area contributed by atoms with Crippen molar-refractivity contribution in [3.8, 4) is 5.75 Å². The van der Waals surface area contributed by atoms with E-state index in [1.54, 1.807) is 6.08 Å². The first-order valence-corrected chi connectivity index (χ1v) is 13.3. The number of carbonyl (C=O) groups is 3. The first kappa shape index (κ1) is 26.2. The molecular weight excluding hydrogens is 546 g/mol. The number of para-hydroxylation sites is 2. The summed E-state index contributed by atoms with van der Waals surface area (Å²) in [5, 5.41) is 2.38. The lowest BCUT2D eigenvalue weighted by Gasteiger charge is -2.30. The molecule has 2 aliphatic rings. The fraction of sp³-hybridized carbons (Fsp3) is 0.346. The minimum atomic E-state index is -0.488. The van der Waals surface area contributed by atoms with Crippen LogP contribution in [0.25, 0.3) is 6.08 Å². The molecule has 36 heavy (non-hydrogen) atoms. The van der Waals surface area contributed by atoms with Crippen molar-refractivity contribution in [1.82, 2.24) is 4.90 Å². The van der Waals surface area contributed by atoms with E-state index < -0.39 is 17.1 Å². The Kier molecular flexibility index (Phi) is 8.71. The van der Waals surface area contributed by atoms with E-state index in [1.165, 1.54) is 0 Å². The number of carbonyl (C=O) groups excluding carboxylic acids is 3. The van der Waals surface area contributed by atoms with E-state index in [4.69, 9.17) is 9.47 Å². The fourth-order valence-electron chi connectivity index (χ4n) is 3.76. The second-order valence-corrected chi connectivity index (χ2v) is 10.7. The van der Waals surface area contributed by atoms with Gasteiger partial charge in [-0.15, -0.1) is 0 Å². The highest BCUT2D eigenvalue weighted by atomic mass is 79.9. The van der Waals surface area contributed by atoms with Crippen LogP contribution >= 0.6 is 27.7 Å². The minimum Gasteiger partial charge on any atom is -0.492 e. The van der Waals surface area contributed by atoms with Crippen LogP contribution in [0.15, 0.2) is 51.8 Å². The quantitative estimate of drug-likeness (QED) is 0.445. The predicted molar refractivity (Wildman–Crippen MR) is 145 cm³/mol. The summed E-state index contributed by atoms with van der Waals surface area (Å²) < 4.78 is 11.9. The highest BCUT2D eigenvalue weighted by Gasteiger charge is 2.36. The van der Waals surface area contributed by atoms with Gasteiger partial charge in [-0.2, -0.15) is 0 Å². The molecule has 2 saturated heterocycles. The number of thioether (sulfide) groups is 1. The maximum absolute atomic E-state index is 12.9. The Hall–Kier alpha value is -2.82. The highest BCUT2D eigenvalue weighted by Crippen LogP contribution is 2.34. The predicted octanol–water partition coefficient (Wildman–Crippen LogP) is 5.00. The Balaban J connectivity index is 1.41. The van der Waals surface area contributed by atoms with Gasteiger partial charge in [-0.25, -0.2) is 0 Å². The Labute approximate surface area is 223 Å². The number of benzene rings is 2. The van der Waals surface area contributed by atoms with Gasteiger partial charge >= 0.3 is 0 Å². The van der Waals surface area contributed by atoms with Crippen LogP contribution in [-0.2, 0) is 14.3 Å². The van der Waals surface area contributed by atoms with Gasteiger partial charge in [0.1, 0.15) is 12.3 Å². The van der Waals surface area contributed by atoms with E-state index in [0.717, 1.165) is 45.5 Å².